The van der Waals surface area contributed by atoms with Gasteiger partial charge in [0.15, 0.2) is 34.3 Å². The number of alkyl halides is 3. The molecule has 12 heteroatoms. The largest absolute Gasteiger partial charge is 0.396 e. The van der Waals surface area contributed by atoms with Gasteiger partial charge < -0.3 is 5.11 Å². The van der Waals surface area contributed by atoms with Crippen molar-refractivity contribution in [3.05, 3.63) is 56.5 Å². The topological polar surface area (TPSA) is 82.0 Å². The van der Waals surface area contributed by atoms with Gasteiger partial charge in [-0.2, -0.15) is 0 Å². The van der Waals surface area contributed by atoms with E-state index < -0.39 is 66.0 Å². The molecule has 0 saturated heterocycles. The van der Waals surface area contributed by atoms with Gasteiger partial charge in [0.25, 0.3) is 5.56 Å². The van der Waals surface area contributed by atoms with E-state index in [0.29, 0.717) is 0 Å². The smallest absolute Gasteiger partial charge is 0.332 e. The number of rotatable bonds is 5. The molecule has 1 aliphatic carbocycles. The lowest BCUT2D eigenvalue weighted by molar-refractivity contribution is -0.0799. The number of benzene rings is 1. The molecular weight excluding hydrogens is 451 g/mol. The van der Waals surface area contributed by atoms with Crippen LogP contribution in [0.2, 0.25) is 0 Å². The van der Waals surface area contributed by atoms with E-state index in [0.717, 1.165) is 31.9 Å². The molecule has 0 aliphatic heterocycles. The molecule has 33 heavy (non-hydrogen) atoms. The summed E-state index contributed by atoms with van der Waals surface area (Å²) in [7, 11) is 1.30. The highest BCUT2D eigenvalue weighted by Crippen LogP contribution is 2.47. The van der Waals surface area contributed by atoms with E-state index in [2.05, 4.69) is 4.98 Å². The Kier molecular flexibility index (Phi) is 5.67. The fourth-order valence-electron chi connectivity index (χ4n) is 4.16. The van der Waals surface area contributed by atoms with E-state index >= 15 is 4.39 Å². The van der Waals surface area contributed by atoms with Crippen LogP contribution in [-0.4, -0.2) is 36.3 Å². The summed E-state index contributed by atoms with van der Waals surface area (Å²) in [5.74, 6) is -5.94. The average molecular weight is 472 g/mol. The van der Waals surface area contributed by atoms with Gasteiger partial charge in [0, 0.05) is 39.1 Å². The van der Waals surface area contributed by atoms with Crippen LogP contribution in [0.3, 0.4) is 0 Å². The Bertz CT molecular complexity index is 1330. The van der Waals surface area contributed by atoms with Crippen LogP contribution in [0.1, 0.15) is 37.9 Å². The summed E-state index contributed by atoms with van der Waals surface area (Å²) in [5.41, 5.74) is -4.71. The number of aromatic nitrogens is 4. The van der Waals surface area contributed by atoms with Crippen molar-refractivity contribution in [2.75, 3.05) is 6.61 Å². The van der Waals surface area contributed by atoms with Crippen LogP contribution in [0, 0.1) is 11.6 Å². The van der Waals surface area contributed by atoms with E-state index in [9.17, 15) is 27.2 Å². The van der Waals surface area contributed by atoms with Gasteiger partial charge in [-0.1, -0.05) is 0 Å². The minimum absolute atomic E-state index is 0.0783. The first-order chi connectivity index (χ1) is 15.5. The molecule has 1 saturated carbocycles. The fourth-order valence-corrected chi connectivity index (χ4v) is 4.16. The predicted octanol–water partition coefficient (Wildman–Crippen LogP) is 2.92. The molecule has 0 spiro atoms. The van der Waals surface area contributed by atoms with Crippen LogP contribution >= 0.6 is 0 Å². The molecule has 0 amide bonds. The number of hydrogen-bond acceptors (Lipinski definition) is 4. The van der Waals surface area contributed by atoms with Crippen LogP contribution in [-0.2, 0) is 19.3 Å². The normalized spacial score (nSPS) is 17.5. The molecule has 0 radical (unpaired) electrons. The van der Waals surface area contributed by atoms with Crippen molar-refractivity contribution in [2.24, 2.45) is 7.05 Å². The first-order valence-electron chi connectivity index (χ1n) is 10.3. The van der Waals surface area contributed by atoms with E-state index in [-0.39, 0.29) is 36.4 Å². The predicted molar refractivity (Wildman–Crippen MR) is 108 cm³/mol. The van der Waals surface area contributed by atoms with Crippen molar-refractivity contribution < 1.29 is 27.1 Å². The number of fused-ring (bicyclic) bond motifs is 1. The minimum atomic E-state index is -3.06. The molecule has 178 valence electrons. The number of hydrogen-bond donors (Lipinski definition) is 1. The lowest BCUT2D eigenvalue weighted by atomic mass is 9.83. The van der Waals surface area contributed by atoms with Crippen molar-refractivity contribution in [3.63, 3.8) is 0 Å². The van der Waals surface area contributed by atoms with E-state index in [1.165, 1.54) is 7.05 Å². The first-order valence-corrected chi connectivity index (χ1v) is 10.3. The highest BCUT2D eigenvalue weighted by atomic mass is 19.3. The van der Waals surface area contributed by atoms with Crippen molar-refractivity contribution in [1.82, 2.24) is 18.7 Å². The zero-order valence-electron chi connectivity index (χ0n) is 17.6. The molecule has 1 aromatic carbocycles. The molecule has 0 unspecified atom stereocenters. The lowest BCUT2D eigenvalue weighted by Crippen LogP contribution is -2.40. The maximum Gasteiger partial charge on any atom is 0.332 e. The first kappa shape index (κ1) is 23.1. The molecule has 1 fully saturated rings. The number of nitrogens with zero attached hydrogens (tertiary/aromatic N) is 4. The molecule has 1 N–H and O–H groups in total. The Labute approximate surface area is 183 Å². The summed E-state index contributed by atoms with van der Waals surface area (Å²) in [5, 5.41) is 9.10. The molecule has 1 aliphatic rings. The second-order valence-electron chi connectivity index (χ2n) is 8.24. The van der Waals surface area contributed by atoms with Crippen LogP contribution in [0.4, 0.5) is 22.0 Å². The quantitative estimate of drug-likeness (QED) is 0.579. The maximum absolute atomic E-state index is 16.1. The van der Waals surface area contributed by atoms with Gasteiger partial charge in [-0.05, 0) is 31.4 Å². The van der Waals surface area contributed by atoms with Gasteiger partial charge in [0.05, 0.1) is 5.69 Å². The van der Waals surface area contributed by atoms with Gasteiger partial charge in [-0.15, -0.1) is 0 Å². The van der Waals surface area contributed by atoms with Gasteiger partial charge in [0.1, 0.15) is 0 Å². The Morgan fingerprint density at radius 3 is 2.33 bits per heavy atom. The third-order valence-corrected chi connectivity index (χ3v) is 6.02. The summed E-state index contributed by atoms with van der Waals surface area (Å²) >= 11 is 0. The third-order valence-electron chi connectivity index (χ3n) is 6.02. The molecule has 4 rings (SSSR count). The Morgan fingerprint density at radius 2 is 1.73 bits per heavy atom. The summed E-state index contributed by atoms with van der Waals surface area (Å²) < 4.78 is 74.0. The van der Waals surface area contributed by atoms with Gasteiger partial charge in [0.2, 0.25) is 5.92 Å². The second-order valence-corrected chi connectivity index (χ2v) is 8.24. The van der Waals surface area contributed by atoms with E-state index in [4.69, 9.17) is 5.11 Å². The summed E-state index contributed by atoms with van der Waals surface area (Å²) in [4.78, 5) is 30.1. The van der Waals surface area contributed by atoms with Gasteiger partial charge in [-0.3, -0.25) is 18.5 Å². The number of aliphatic hydroxyl groups excluding tert-OH is 1. The summed E-state index contributed by atoms with van der Waals surface area (Å²) in [6.45, 7) is -0.452. The third kappa shape index (κ3) is 3.85. The molecule has 3 aromatic rings. The van der Waals surface area contributed by atoms with Crippen LogP contribution < -0.4 is 11.2 Å². The lowest BCUT2D eigenvalue weighted by Gasteiger charge is -2.33. The molecule has 0 bridgehead atoms. The monoisotopic (exact) mass is 472 g/mol. The highest BCUT2D eigenvalue weighted by Gasteiger charge is 2.48. The molecule has 7 nitrogen and oxygen atoms in total. The second kappa shape index (κ2) is 8.08. The summed E-state index contributed by atoms with van der Waals surface area (Å²) in [6, 6.07) is 2.63. The van der Waals surface area contributed by atoms with Gasteiger partial charge >= 0.3 is 5.69 Å². The Hall–Kier alpha value is -3.02. The fraction of sp³-hybridized carbons (Fsp3) is 0.476. The number of aryl methyl sites for hydroxylation is 1. The van der Waals surface area contributed by atoms with Crippen LogP contribution in [0.5, 0.6) is 0 Å². The molecular formula is C21H21F5N4O3. The van der Waals surface area contributed by atoms with Crippen molar-refractivity contribution in [2.45, 2.75) is 50.2 Å². The maximum atomic E-state index is 16.1. The van der Waals surface area contributed by atoms with Crippen molar-refractivity contribution >= 4 is 11.2 Å². The van der Waals surface area contributed by atoms with E-state index in [1.807, 2.05) is 0 Å². The van der Waals surface area contributed by atoms with Crippen molar-refractivity contribution in [3.8, 4) is 5.69 Å². The van der Waals surface area contributed by atoms with Crippen LogP contribution in [0.25, 0.3) is 16.9 Å². The van der Waals surface area contributed by atoms with Crippen molar-refractivity contribution in [1.29, 1.82) is 0 Å². The SMILES string of the molecule is Cn1c(=O)n(CCCO)c(=O)c2c1nc(C1(F)CCC(F)(F)CC1)n2-c1ccc(F)c(F)c1. The van der Waals surface area contributed by atoms with Crippen LogP contribution in [0.15, 0.2) is 27.8 Å². The summed E-state index contributed by atoms with van der Waals surface area (Å²) in [6.07, 6.45) is -2.66. The minimum Gasteiger partial charge on any atom is -0.396 e. The average Bonchev–Trinajstić information content (AvgIpc) is 3.18. The number of aliphatic hydroxyl groups is 1. The Balaban J connectivity index is 2.06. The van der Waals surface area contributed by atoms with E-state index in [1.54, 1.807) is 0 Å². The highest BCUT2D eigenvalue weighted by molar-refractivity contribution is 5.74. The number of halogens is 5. The molecule has 2 aromatic heterocycles. The zero-order chi connectivity index (χ0) is 24.1. The molecule has 2 heterocycles. The molecule has 0 atom stereocenters. The Morgan fingerprint density at radius 1 is 1.06 bits per heavy atom. The zero-order valence-corrected chi connectivity index (χ0v) is 17.6. The standard InChI is InChI=1S/C21H21F5N4O3/c1-28-16-15(17(32)29(19(28)33)9-2-10-31)30(12-3-4-13(22)14(23)11-12)18(27-16)20(24)5-7-21(25,26)8-6-20/h3-4,11,31H,2,5-10H2,1H3. The number of imidazole rings is 1. The van der Waals surface area contributed by atoms with Gasteiger partial charge in [-0.25, -0.2) is 31.7 Å².